The highest BCUT2D eigenvalue weighted by Crippen LogP contribution is 2.40. The molecule has 0 spiro atoms. The highest BCUT2D eigenvalue weighted by atomic mass is 19.4. The fourth-order valence-corrected chi connectivity index (χ4v) is 5.30. The molecule has 1 aromatic rings. The Kier molecular flexibility index (Phi) is 9.05. The number of likely N-dealkylation sites (tertiary alicyclic amines) is 1. The number of alkyl halides is 3. The van der Waals surface area contributed by atoms with Crippen LogP contribution in [-0.2, 0) is 9.53 Å². The number of amides is 2. The number of hydrogen-bond donors (Lipinski definition) is 1. The van der Waals surface area contributed by atoms with Crippen LogP contribution in [-0.4, -0.2) is 91.4 Å². The summed E-state index contributed by atoms with van der Waals surface area (Å²) >= 11 is 0. The first-order valence-corrected chi connectivity index (χ1v) is 12.9. The van der Waals surface area contributed by atoms with E-state index in [1.807, 2.05) is 0 Å². The maximum atomic E-state index is 13.1. The van der Waals surface area contributed by atoms with E-state index in [9.17, 15) is 22.8 Å². The normalized spacial score (nSPS) is 25.5. The molecule has 2 amide bonds. The summed E-state index contributed by atoms with van der Waals surface area (Å²) in [5.74, 6) is -1.71. The highest BCUT2D eigenvalue weighted by molar-refractivity contribution is 5.94. The minimum absolute atomic E-state index is 0.00854. The largest absolute Gasteiger partial charge is 0.489 e. The van der Waals surface area contributed by atoms with E-state index < -0.39 is 12.1 Å². The number of morpholine rings is 1. The first kappa shape index (κ1) is 26.7. The van der Waals surface area contributed by atoms with Gasteiger partial charge in [0.15, 0.2) is 11.4 Å². The summed E-state index contributed by atoms with van der Waals surface area (Å²) < 4.78 is 50.3. The number of pyridine rings is 1. The molecule has 2 saturated heterocycles. The molecule has 0 unspecified atom stereocenters. The standard InChI is InChI=1S/C25H35F3N4O4/c26-25(27,28)19-7-5-18(6-8-19)24(34)32-11-2-3-20(32)17-36-21-4-1-9-29-22(21)23(33)30-10-12-31-13-15-35-16-14-31/h1,4,9,18-20H,2-3,5-8,10-17H2,(H,30,33)/t18?,19?,20-/m1/s1. The first-order chi connectivity index (χ1) is 17.3. The highest BCUT2D eigenvalue weighted by Gasteiger charge is 2.44. The van der Waals surface area contributed by atoms with Gasteiger partial charge in [-0.25, -0.2) is 4.98 Å². The molecule has 200 valence electrons. The van der Waals surface area contributed by atoms with Crippen LogP contribution < -0.4 is 10.1 Å². The van der Waals surface area contributed by atoms with E-state index in [-0.39, 0.29) is 61.8 Å². The molecule has 8 nitrogen and oxygen atoms in total. The van der Waals surface area contributed by atoms with Gasteiger partial charge in [-0.15, -0.1) is 0 Å². The molecule has 1 N–H and O–H groups in total. The third-order valence-electron chi connectivity index (χ3n) is 7.43. The van der Waals surface area contributed by atoms with Gasteiger partial charge in [-0.1, -0.05) is 0 Å². The summed E-state index contributed by atoms with van der Waals surface area (Å²) in [5.41, 5.74) is 0.195. The predicted octanol–water partition coefficient (Wildman–Crippen LogP) is 2.88. The lowest BCUT2D eigenvalue weighted by molar-refractivity contribution is -0.185. The van der Waals surface area contributed by atoms with Crippen molar-refractivity contribution in [2.75, 3.05) is 52.5 Å². The monoisotopic (exact) mass is 512 g/mol. The molecule has 3 fully saturated rings. The van der Waals surface area contributed by atoms with Crippen LogP contribution in [0.4, 0.5) is 13.2 Å². The van der Waals surface area contributed by atoms with E-state index in [0.717, 1.165) is 32.5 Å². The van der Waals surface area contributed by atoms with Crippen molar-refractivity contribution in [2.45, 2.75) is 50.7 Å². The second-order valence-corrected chi connectivity index (χ2v) is 9.79. The summed E-state index contributed by atoms with van der Waals surface area (Å²) in [6.07, 6.45) is -0.524. The summed E-state index contributed by atoms with van der Waals surface area (Å²) in [7, 11) is 0. The number of aromatic nitrogens is 1. The second-order valence-electron chi connectivity index (χ2n) is 9.79. The van der Waals surface area contributed by atoms with Gasteiger partial charge in [0.25, 0.3) is 5.91 Å². The number of carbonyl (C=O) groups excluding carboxylic acids is 2. The lowest BCUT2D eigenvalue weighted by Crippen LogP contribution is -2.44. The van der Waals surface area contributed by atoms with E-state index in [1.54, 1.807) is 17.0 Å². The van der Waals surface area contributed by atoms with Crippen LogP contribution in [0.2, 0.25) is 0 Å². The molecule has 0 bridgehead atoms. The van der Waals surface area contributed by atoms with Crippen molar-refractivity contribution in [2.24, 2.45) is 11.8 Å². The SMILES string of the molecule is O=C(NCCN1CCOCC1)c1ncccc1OC[C@H]1CCCN1C(=O)C1CCC(C(F)(F)F)CC1. The molecule has 11 heteroatoms. The van der Waals surface area contributed by atoms with Crippen molar-refractivity contribution in [1.29, 1.82) is 0 Å². The molecule has 1 atom stereocenters. The van der Waals surface area contributed by atoms with Crippen molar-refractivity contribution < 1.29 is 32.2 Å². The van der Waals surface area contributed by atoms with Gasteiger partial charge < -0.3 is 19.7 Å². The molecule has 0 aromatic carbocycles. The average Bonchev–Trinajstić information content (AvgIpc) is 3.36. The summed E-state index contributed by atoms with van der Waals surface area (Å²) in [4.78, 5) is 34.0. The van der Waals surface area contributed by atoms with Gasteiger partial charge in [0.2, 0.25) is 5.91 Å². The zero-order valence-electron chi connectivity index (χ0n) is 20.5. The van der Waals surface area contributed by atoms with Crippen LogP contribution in [0.25, 0.3) is 0 Å². The number of carbonyl (C=O) groups is 2. The maximum absolute atomic E-state index is 13.1. The Bertz CT molecular complexity index is 886. The van der Waals surface area contributed by atoms with Gasteiger partial charge >= 0.3 is 6.18 Å². The Labute approximate surface area is 209 Å². The Morgan fingerprint density at radius 3 is 2.58 bits per heavy atom. The van der Waals surface area contributed by atoms with Gasteiger partial charge in [-0.05, 0) is 50.7 Å². The number of rotatable bonds is 8. The van der Waals surface area contributed by atoms with E-state index in [2.05, 4.69) is 15.2 Å². The van der Waals surface area contributed by atoms with Crippen LogP contribution in [0, 0.1) is 11.8 Å². The summed E-state index contributed by atoms with van der Waals surface area (Å²) in [6.45, 7) is 5.07. The number of hydrogen-bond acceptors (Lipinski definition) is 6. The molecule has 2 aliphatic heterocycles. The van der Waals surface area contributed by atoms with Gasteiger partial charge in [0.05, 0.1) is 25.2 Å². The van der Waals surface area contributed by atoms with Crippen molar-refractivity contribution in [3.8, 4) is 5.75 Å². The Hall–Kier alpha value is -2.40. The van der Waals surface area contributed by atoms with Crippen LogP contribution in [0.1, 0.15) is 49.0 Å². The number of halogens is 3. The van der Waals surface area contributed by atoms with Crippen LogP contribution in [0.15, 0.2) is 18.3 Å². The van der Waals surface area contributed by atoms with Gasteiger partial charge in [0.1, 0.15) is 6.61 Å². The molecule has 3 heterocycles. The van der Waals surface area contributed by atoms with Crippen LogP contribution >= 0.6 is 0 Å². The topological polar surface area (TPSA) is 84.0 Å². The molecular weight excluding hydrogens is 477 g/mol. The lowest BCUT2D eigenvalue weighted by Gasteiger charge is -2.33. The Morgan fingerprint density at radius 1 is 1.11 bits per heavy atom. The van der Waals surface area contributed by atoms with Gasteiger partial charge in [0, 0.05) is 44.8 Å². The Balaban J connectivity index is 1.28. The molecule has 1 saturated carbocycles. The lowest BCUT2D eigenvalue weighted by atomic mass is 9.81. The molecule has 1 aliphatic carbocycles. The molecular formula is C25H35F3N4O4. The zero-order valence-corrected chi connectivity index (χ0v) is 20.5. The average molecular weight is 513 g/mol. The quantitative estimate of drug-likeness (QED) is 0.577. The number of nitrogens with one attached hydrogen (secondary N) is 1. The number of ether oxygens (including phenoxy) is 2. The molecule has 1 aromatic heterocycles. The zero-order chi connectivity index (χ0) is 25.5. The van der Waals surface area contributed by atoms with Crippen molar-refractivity contribution in [3.05, 3.63) is 24.0 Å². The van der Waals surface area contributed by atoms with E-state index >= 15 is 0 Å². The fraction of sp³-hybridized carbons (Fsp3) is 0.720. The van der Waals surface area contributed by atoms with E-state index in [1.165, 1.54) is 6.20 Å². The molecule has 0 radical (unpaired) electrons. The van der Waals surface area contributed by atoms with Crippen LogP contribution in [0.5, 0.6) is 5.75 Å². The Morgan fingerprint density at radius 2 is 1.86 bits per heavy atom. The summed E-state index contributed by atoms with van der Waals surface area (Å²) in [5, 5.41) is 2.89. The van der Waals surface area contributed by atoms with Crippen molar-refractivity contribution in [3.63, 3.8) is 0 Å². The third kappa shape index (κ3) is 6.88. The van der Waals surface area contributed by atoms with Gasteiger partial charge in [-0.2, -0.15) is 13.2 Å². The predicted molar refractivity (Wildman–Crippen MR) is 126 cm³/mol. The number of nitrogens with zero attached hydrogens (tertiary/aromatic N) is 3. The molecule has 36 heavy (non-hydrogen) atoms. The van der Waals surface area contributed by atoms with Crippen molar-refractivity contribution >= 4 is 11.8 Å². The van der Waals surface area contributed by atoms with Crippen LogP contribution in [0.3, 0.4) is 0 Å². The van der Waals surface area contributed by atoms with E-state index in [0.29, 0.717) is 32.1 Å². The second kappa shape index (κ2) is 12.2. The van der Waals surface area contributed by atoms with E-state index in [4.69, 9.17) is 9.47 Å². The van der Waals surface area contributed by atoms with Crippen molar-refractivity contribution in [1.82, 2.24) is 20.1 Å². The minimum atomic E-state index is -4.19. The molecule has 4 rings (SSSR count). The smallest absolute Gasteiger partial charge is 0.391 e. The van der Waals surface area contributed by atoms with Gasteiger partial charge in [-0.3, -0.25) is 14.5 Å². The minimum Gasteiger partial charge on any atom is -0.489 e. The third-order valence-corrected chi connectivity index (χ3v) is 7.43. The first-order valence-electron chi connectivity index (χ1n) is 12.9. The maximum Gasteiger partial charge on any atom is 0.391 e. The fourth-order valence-electron chi connectivity index (χ4n) is 5.30. The molecule has 3 aliphatic rings. The summed E-state index contributed by atoms with van der Waals surface area (Å²) in [6, 6.07) is 3.20.